The van der Waals surface area contributed by atoms with E-state index in [1.165, 1.54) is 13.8 Å². The average molecular weight is 205 g/mol. The van der Waals surface area contributed by atoms with Crippen molar-refractivity contribution in [2.24, 2.45) is 0 Å². The molecule has 74 valence electrons. The highest BCUT2D eigenvalue weighted by Gasteiger charge is 2.10. The van der Waals surface area contributed by atoms with Gasteiger partial charge in [0, 0.05) is 17.1 Å². The van der Waals surface area contributed by atoms with Crippen LogP contribution in [0.15, 0.2) is 23.7 Å². The fourth-order valence-electron chi connectivity index (χ4n) is 0.570. The molecular weight excluding hydrogens is 193 g/mol. The molecule has 0 aliphatic heterocycles. The first-order valence-corrected chi connectivity index (χ1v) is 5.12. The molecule has 0 bridgehead atoms. The van der Waals surface area contributed by atoms with Gasteiger partial charge in [-0.05, 0) is 13.8 Å². The van der Waals surface area contributed by atoms with Crippen LogP contribution in [-0.2, 0) is 9.36 Å². The third-order valence-corrected chi connectivity index (χ3v) is 1.78. The Labute approximate surface area is 76.3 Å². The normalized spacial score (nSPS) is 12.5. The second-order valence-electron chi connectivity index (χ2n) is 2.64. The van der Waals surface area contributed by atoms with Crippen LogP contribution in [0.3, 0.4) is 0 Å². The quantitative estimate of drug-likeness (QED) is 0.468. The van der Waals surface area contributed by atoms with Gasteiger partial charge in [-0.15, -0.1) is 0 Å². The lowest BCUT2D eigenvalue weighted by Crippen LogP contribution is -2.21. The third kappa shape index (κ3) is 6.28. The molecule has 0 saturated carbocycles. The first kappa shape index (κ1) is 12.1. The zero-order valence-corrected chi connectivity index (χ0v) is 8.34. The van der Waals surface area contributed by atoms with Crippen molar-refractivity contribution < 1.29 is 19.1 Å². The number of hydrogen-bond acceptors (Lipinski definition) is 2. The smallest absolute Gasteiger partial charge is 0.326 e. The maximum Gasteiger partial charge on any atom is 0.350 e. The zero-order chi connectivity index (χ0) is 10.6. The Morgan fingerprint density at radius 2 is 1.92 bits per heavy atom. The van der Waals surface area contributed by atoms with Crippen LogP contribution in [0.4, 0.5) is 0 Å². The molecule has 0 saturated heterocycles. The van der Waals surface area contributed by atoms with E-state index in [0.717, 1.165) is 0 Å². The fraction of sp³-hybridized carbons (Fsp3) is 0.286. The van der Waals surface area contributed by atoms with Crippen LogP contribution in [0.25, 0.3) is 0 Å². The molecule has 0 heterocycles. The van der Waals surface area contributed by atoms with E-state index in [9.17, 15) is 9.36 Å². The molecule has 0 aromatic rings. The molecule has 0 fully saturated rings. The molecule has 3 N–H and O–H groups in total. The number of allylic oxidation sites excluding steroid dienone is 1. The molecule has 0 aromatic carbocycles. The van der Waals surface area contributed by atoms with Crippen molar-refractivity contribution in [3.05, 3.63) is 23.7 Å². The maximum absolute atomic E-state index is 10.9. The van der Waals surface area contributed by atoms with Crippen molar-refractivity contribution in [2.45, 2.75) is 13.8 Å². The molecule has 0 aliphatic rings. The summed E-state index contributed by atoms with van der Waals surface area (Å²) in [5.74, 6) is 0.232. The van der Waals surface area contributed by atoms with E-state index < -0.39 is 13.5 Å². The largest absolute Gasteiger partial charge is 0.350 e. The fourth-order valence-corrected chi connectivity index (χ4v) is 1.14. The maximum atomic E-state index is 10.9. The number of nitrogens with one attached hydrogen (secondary N) is 1. The Balaban J connectivity index is 4.41. The van der Waals surface area contributed by atoms with E-state index in [1.807, 2.05) is 0 Å². The van der Waals surface area contributed by atoms with Gasteiger partial charge in [0.25, 0.3) is 0 Å². The summed E-state index contributed by atoms with van der Waals surface area (Å²) in [7, 11) is -4.21. The van der Waals surface area contributed by atoms with Crippen LogP contribution in [-0.4, -0.2) is 15.7 Å². The Morgan fingerprint density at radius 3 is 2.23 bits per heavy atom. The summed E-state index contributed by atoms with van der Waals surface area (Å²) in [4.78, 5) is 27.9. The molecule has 0 aromatic heterocycles. The second kappa shape index (κ2) is 4.37. The minimum absolute atomic E-state index is 0.112. The number of hydrogen-bond donors (Lipinski definition) is 3. The van der Waals surface area contributed by atoms with Crippen molar-refractivity contribution in [3.63, 3.8) is 0 Å². The van der Waals surface area contributed by atoms with E-state index in [4.69, 9.17) is 9.79 Å². The lowest BCUT2D eigenvalue weighted by atomic mass is 10.3. The molecule has 0 spiro atoms. The van der Waals surface area contributed by atoms with Crippen molar-refractivity contribution >= 4 is 13.5 Å². The molecule has 0 unspecified atom stereocenters. The van der Waals surface area contributed by atoms with Crippen LogP contribution in [0, 0.1) is 0 Å². The summed E-state index contributed by atoms with van der Waals surface area (Å²) in [5, 5.41) is 2.27. The predicted octanol–water partition coefficient (Wildman–Crippen LogP) is 0.718. The highest BCUT2D eigenvalue weighted by molar-refractivity contribution is 7.55. The molecule has 6 heteroatoms. The van der Waals surface area contributed by atoms with Gasteiger partial charge in [0.2, 0.25) is 5.91 Å². The van der Waals surface area contributed by atoms with Crippen molar-refractivity contribution in [3.8, 4) is 0 Å². The van der Waals surface area contributed by atoms with Gasteiger partial charge in [0.1, 0.15) is 0 Å². The Bertz CT molecular complexity index is 302. The first-order valence-electron chi connectivity index (χ1n) is 3.44. The van der Waals surface area contributed by atoms with Crippen LogP contribution in [0.5, 0.6) is 0 Å². The standard InChI is InChI=1S/C7H12NO4P/c1-5(2)7(9)8-6(3)4-13(10,11)12/h4H,1H2,2-3H3,(H,8,9)(H2,10,11,12)/b6-4+. The van der Waals surface area contributed by atoms with Crippen molar-refractivity contribution in [1.82, 2.24) is 5.32 Å². The predicted molar refractivity (Wildman–Crippen MR) is 48.8 cm³/mol. The second-order valence-corrected chi connectivity index (χ2v) is 4.07. The van der Waals surface area contributed by atoms with Gasteiger partial charge in [-0.3, -0.25) is 9.36 Å². The molecule has 5 nitrogen and oxygen atoms in total. The highest BCUT2D eigenvalue weighted by atomic mass is 31.2. The van der Waals surface area contributed by atoms with Crippen LogP contribution < -0.4 is 5.32 Å². The SMILES string of the molecule is C=C(C)C(=O)N/C(C)=C/P(=O)(O)O. The van der Waals surface area contributed by atoms with Gasteiger partial charge in [-0.25, -0.2) is 0 Å². The summed E-state index contributed by atoms with van der Waals surface area (Å²) < 4.78 is 10.4. The monoisotopic (exact) mass is 205 g/mol. The molecule has 0 rings (SSSR count). The minimum Gasteiger partial charge on any atom is -0.326 e. The summed E-state index contributed by atoms with van der Waals surface area (Å²) in [6.07, 6.45) is 0. The van der Waals surface area contributed by atoms with Gasteiger partial charge in [0.15, 0.2) is 0 Å². The van der Waals surface area contributed by atoms with E-state index in [2.05, 4.69) is 11.9 Å². The molecule has 0 aliphatic carbocycles. The van der Waals surface area contributed by atoms with Crippen LogP contribution >= 0.6 is 7.60 Å². The Hall–Kier alpha value is -0.900. The van der Waals surface area contributed by atoms with Crippen molar-refractivity contribution in [2.75, 3.05) is 0 Å². The number of amides is 1. The lowest BCUT2D eigenvalue weighted by molar-refractivity contribution is -0.116. The number of carbonyl (C=O) groups excluding carboxylic acids is 1. The first-order chi connectivity index (χ1) is 5.72. The lowest BCUT2D eigenvalue weighted by Gasteiger charge is -2.04. The van der Waals surface area contributed by atoms with Crippen LogP contribution in [0.1, 0.15) is 13.8 Å². The Kier molecular flexibility index (Phi) is 4.07. The number of rotatable bonds is 3. The minimum atomic E-state index is -4.21. The molecule has 0 atom stereocenters. The molecule has 1 amide bonds. The molecular formula is C7H12NO4P. The molecule has 13 heavy (non-hydrogen) atoms. The van der Waals surface area contributed by atoms with E-state index >= 15 is 0 Å². The van der Waals surface area contributed by atoms with E-state index in [-0.39, 0.29) is 11.3 Å². The van der Waals surface area contributed by atoms with Crippen molar-refractivity contribution in [1.29, 1.82) is 0 Å². The van der Waals surface area contributed by atoms with E-state index in [0.29, 0.717) is 5.82 Å². The molecule has 0 radical (unpaired) electrons. The van der Waals surface area contributed by atoms with E-state index in [1.54, 1.807) is 0 Å². The zero-order valence-electron chi connectivity index (χ0n) is 7.44. The summed E-state index contributed by atoms with van der Waals surface area (Å²) in [5.41, 5.74) is 0.389. The van der Waals surface area contributed by atoms with Gasteiger partial charge in [-0.2, -0.15) is 0 Å². The van der Waals surface area contributed by atoms with Crippen LogP contribution in [0.2, 0.25) is 0 Å². The number of carbonyl (C=O) groups is 1. The third-order valence-electron chi connectivity index (χ3n) is 1.06. The Morgan fingerprint density at radius 1 is 1.46 bits per heavy atom. The average Bonchev–Trinajstić information content (AvgIpc) is 1.81. The highest BCUT2D eigenvalue weighted by Crippen LogP contribution is 2.36. The van der Waals surface area contributed by atoms with Gasteiger partial charge in [0.05, 0.1) is 0 Å². The van der Waals surface area contributed by atoms with Gasteiger partial charge < -0.3 is 15.1 Å². The summed E-state index contributed by atoms with van der Waals surface area (Å²) in [6.45, 7) is 6.26. The van der Waals surface area contributed by atoms with Gasteiger partial charge >= 0.3 is 7.60 Å². The topological polar surface area (TPSA) is 86.6 Å². The van der Waals surface area contributed by atoms with Gasteiger partial charge in [-0.1, -0.05) is 6.58 Å². The summed E-state index contributed by atoms with van der Waals surface area (Å²) >= 11 is 0. The summed E-state index contributed by atoms with van der Waals surface area (Å²) in [6, 6.07) is 0.